The average molecular weight is 797 g/mol. The van der Waals surface area contributed by atoms with Crippen LogP contribution < -0.4 is 0 Å². The molecule has 4 aromatic rings. The molecule has 1 aliphatic rings. The number of aliphatic hydroxyl groups is 2. The molecule has 52 heavy (non-hydrogen) atoms. The minimum absolute atomic E-state index is 0.454. The van der Waals surface area contributed by atoms with E-state index in [1.54, 1.807) is 27.7 Å². The van der Waals surface area contributed by atoms with Crippen molar-refractivity contribution < 1.29 is 60.6 Å². The van der Waals surface area contributed by atoms with Crippen LogP contribution in [0.5, 0.6) is 0 Å². The lowest BCUT2D eigenvalue weighted by Crippen LogP contribution is -2.67. The van der Waals surface area contributed by atoms with Gasteiger partial charge in [-0.15, -0.1) is 0 Å². The second-order valence-corrected chi connectivity index (χ2v) is 18.6. The lowest BCUT2D eigenvalue weighted by atomic mass is 9.85. The minimum atomic E-state index is -5.01. The Morgan fingerprint density at radius 2 is 0.519 bits per heavy atom. The smallest absolute Gasteiger partial charge is 0.297 e. The van der Waals surface area contributed by atoms with Gasteiger partial charge in [-0.05, 0) is 76.2 Å². The van der Waals surface area contributed by atoms with Crippen molar-refractivity contribution in [2.75, 3.05) is 0 Å². The molecule has 0 unspecified atom stereocenters. The van der Waals surface area contributed by atoms with E-state index >= 15 is 0 Å². The Kier molecular flexibility index (Phi) is 11.5. The van der Waals surface area contributed by atoms with Gasteiger partial charge in [0.1, 0.15) is 36.6 Å². The Bertz CT molecular complexity index is 2160. The van der Waals surface area contributed by atoms with Crippen LogP contribution in [0.1, 0.15) is 22.3 Å². The van der Waals surface area contributed by atoms with E-state index < -0.39 is 96.7 Å². The van der Waals surface area contributed by atoms with Crippen molar-refractivity contribution in [3.05, 3.63) is 119 Å². The normalized spacial score (nSPS) is 23.0. The molecule has 2 N–H and O–H groups in total. The van der Waals surface area contributed by atoms with Gasteiger partial charge < -0.3 is 10.2 Å². The van der Waals surface area contributed by atoms with Gasteiger partial charge in [0, 0.05) is 0 Å². The molecule has 280 valence electrons. The zero-order chi connectivity index (χ0) is 38.2. The maximum absolute atomic E-state index is 13.7. The Morgan fingerprint density at radius 3 is 0.712 bits per heavy atom. The molecule has 0 bridgehead atoms. The van der Waals surface area contributed by atoms with E-state index in [0.717, 1.165) is 48.5 Å². The maximum atomic E-state index is 13.7. The van der Waals surface area contributed by atoms with Crippen LogP contribution >= 0.6 is 0 Å². The molecule has 0 heterocycles. The molecule has 0 amide bonds. The third kappa shape index (κ3) is 8.79. The first-order valence-electron chi connectivity index (χ1n) is 15.6. The Balaban J connectivity index is 1.69. The van der Waals surface area contributed by atoms with Gasteiger partial charge in [0.25, 0.3) is 40.5 Å². The number of aliphatic hydroxyl groups excluding tert-OH is 2. The fraction of sp³-hybridized carbons (Fsp3) is 0.294. The molecule has 0 spiro atoms. The van der Waals surface area contributed by atoms with E-state index in [0.29, 0.717) is 22.3 Å². The number of hydrogen-bond acceptors (Lipinski definition) is 14. The summed E-state index contributed by atoms with van der Waals surface area (Å²) >= 11 is 0. The van der Waals surface area contributed by atoms with Crippen molar-refractivity contribution in [1.29, 1.82) is 0 Å². The van der Waals surface area contributed by atoms with E-state index in [2.05, 4.69) is 0 Å². The van der Waals surface area contributed by atoms with Crippen LogP contribution in [0.15, 0.2) is 117 Å². The molecular formula is C34H36O14S4. The van der Waals surface area contributed by atoms with Crippen LogP contribution in [-0.2, 0) is 57.2 Å². The van der Waals surface area contributed by atoms with Crippen LogP contribution in [0, 0.1) is 27.7 Å². The first kappa shape index (κ1) is 39.6. The summed E-state index contributed by atoms with van der Waals surface area (Å²) in [5, 5.41) is 22.8. The number of hydrogen-bond donors (Lipinski definition) is 2. The SMILES string of the molecule is Cc1ccc(S(=O)(=O)O[C@H]2[C@H](OS(=O)(=O)c3ccc(C)cc3)[C@@H](OS(=O)(=O)c3ccc(C)cc3)[C@@H](O)[C@@H](O)[C@@H]2OS(=O)(=O)c2ccc(C)cc2)cc1. The summed E-state index contributed by atoms with van der Waals surface area (Å²) in [5.41, 5.74) is 2.64. The van der Waals surface area contributed by atoms with Crippen molar-refractivity contribution in [1.82, 2.24) is 0 Å². The van der Waals surface area contributed by atoms with Gasteiger partial charge in [-0.2, -0.15) is 33.7 Å². The lowest BCUT2D eigenvalue weighted by molar-refractivity contribution is -0.194. The second kappa shape index (κ2) is 15.1. The lowest BCUT2D eigenvalue weighted by Gasteiger charge is -2.44. The zero-order valence-electron chi connectivity index (χ0n) is 28.1. The van der Waals surface area contributed by atoms with E-state index in [4.69, 9.17) is 16.7 Å². The molecular weight excluding hydrogens is 761 g/mol. The molecule has 5 rings (SSSR count). The van der Waals surface area contributed by atoms with Gasteiger partial charge in [0.2, 0.25) is 0 Å². The topological polar surface area (TPSA) is 214 Å². The predicted octanol–water partition coefficient (Wildman–Crippen LogP) is 3.05. The van der Waals surface area contributed by atoms with Crippen LogP contribution in [0.25, 0.3) is 0 Å². The molecule has 6 atom stereocenters. The molecule has 1 aliphatic carbocycles. The summed E-state index contributed by atoms with van der Waals surface area (Å²) in [6, 6.07) is 20.6. The fourth-order valence-corrected chi connectivity index (χ4v) is 9.60. The third-order valence-electron chi connectivity index (χ3n) is 8.18. The van der Waals surface area contributed by atoms with E-state index in [9.17, 15) is 43.9 Å². The second-order valence-electron chi connectivity index (χ2n) is 12.3. The summed E-state index contributed by atoms with van der Waals surface area (Å²) in [4.78, 5) is -1.87. The zero-order valence-corrected chi connectivity index (χ0v) is 31.4. The van der Waals surface area contributed by atoms with Crippen LogP contribution in [0.3, 0.4) is 0 Å². The Hall–Kier alpha value is -3.56. The van der Waals surface area contributed by atoms with Gasteiger partial charge >= 0.3 is 0 Å². The predicted molar refractivity (Wildman–Crippen MR) is 185 cm³/mol. The van der Waals surface area contributed by atoms with E-state index in [1.165, 1.54) is 48.5 Å². The average Bonchev–Trinajstić information content (AvgIpc) is 3.07. The van der Waals surface area contributed by atoms with Gasteiger partial charge in [-0.3, -0.25) is 16.7 Å². The Labute approximate surface area is 303 Å². The van der Waals surface area contributed by atoms with Crippen LogP contribution in [0.2, 0.25) is 0 Å². The summed E-state index contributed by atoms with van der Waals surface area (Å²) in [6.07, 6.45) is -14.8. The van der Waals surface area contributed by atoms with Crippen molar-refractivity contribution in [2.45, 2.75) is 83.9 Å². The molecule has 0 radical (unpaired) electrons. The number of benzene rings is 4. The standard InChI is InChI=1S/C34H36O14S4/c1-21-5-13-25(14-6-21)49(37,38)45-31-29(35)30(36)32(46-50(39,40)26-15-7-22(2)8-16-26)34(48-52(43,44)28-19-11-24(4)12-20-28)33(31)47-51(41,42)27-17-9-23(3)10-18-27/h5-20,29-36H,1-4H3/t29-,30+,31-,32-,33+,34+/m0/s1. The van der Waals surface area contributed by atoms with Gasteiger partial charge in [-0.25, -0.2) is 0 Å². The van der Waals surface area contributed by atoms with E-state index in [-0.39, 0.29) is 0 Å². The summed E-state index contributed by atoms with van der Waals surface area (Å²) in [5.74, 6) is 0. The van der Waals surface area contributed by atoms with Crippen LogP contribution in [-0.4, -0.2) is 80.5 Å². The molecule has 4 aromatic carbocycles. The highest BCUT2D eigenvalue weighted by Crippen LogP contribution is 2.37. The molecule has 1 fully saturated rings. The first-order valence-corrected chi connectivity index (χ1v) is 21.2. The minimum Gasteiger partial charge on any atom is -0.387 e. The number of rotatable bonds is 12. The quantitative estimate of drug-likeness (QED) is 0.197. The third-order valence-corrected chi connectivity index (χ3v) is 13.5. The Morgan fingerprint density at radius 1 is 0.346 bits per heavy atom. The highest BCUT2D eigenvalue weighted by Gasteiger charge is 2.58. The molecule has 14 nitrogen and oxygen atoms in total. The van der Waals surface area contributed by atoms with E-state index in [1.807, 2.05) is 0 Å². The molecule has 18 heteroatoms. The van der Waals surface area contributed by atoms with Crippen molar-refractivity contribution >= 4 is 40.5 Å². The van der Waals surface area contributed by atoms with Gasteiger partial charge in [0.05, 0.1) is 19.6 Å². The monoisotopic (exact) mass is 796 g/mol. The van der Waals surface area contributed by atoms with Gasteiger partial charge in [0.15, 0.2) is 0 Å². The molecule has 0 aromatic heterocycles. The maximum Gasteiger partial charge on any atom is 0.297 e. The van der Waals surface area contributed by atoms with Crippen molar-refractivity contribution in [2.24, 2.45) is 0 Å². The van der Waals surface area contributed by atoms with Gasteiger partial charge in [-0.1, -0.05) is 70.8 Å². The van der Waals surface area contributed by atoms with Crippen LogP contribution in [0.4, 0.5) is 0 Å². The highest BCUT2D eigenvalue weighted by molar-refractivity contribution is 7.87. The van der Waals surface area contributed by atoms with Crippen molar-refractivity contribution in [3.8, 4) is 0 Å². The fourth-order valence-electron chi connectivity index (χ4n) is 5.22. The summed E-state index contributed by atoms with van der Waals surface area (Å²) in [6.45, 7) is 6.71. The largest absolute Gasteiger partial charge is 0.387 e. The van der Waals surface area contributed by atoms with Crippen molar-refractivity contribution in [3.63, 3.8) is 0 Å². The first-order chi connectivity index (χ1) is 24.2. The number of aryl methyl sites for hydroxylation is 4. The molecule has 0 aliphatic heterocycles. The molecule has 1 saturated carbocycles. The highest BCUT2D eigenvalue weighted by atomic mass is 32.2. The summed E-state index contributed by atoms with van der Waals surface area (Å²) < 4.78 is 131. The summed E-state index contributed by atoms with van der Waals surface area (Å²) in [7, 11) is -19.9. The molecule has 0 saturated heterocycles.